The van der Waals surface area contributed by atoms with Gasteiger partial charge in [0.1, 0.15) is 6.10 Å². The van der Waals surface area contributed by atoms with Gasteiger partial charge in [0.25, 0.3) is 0 Å². The number of rotatable bonds is 5. The number of aliphatic hydroxyl groups is 2. The van der Waals surface area contributed by atoms with Crippen molar-refractivity contribution in [2.45, 2.75) is 18.6 Å². The van der Waals surface area contributed by atoms with Crippen molar-refractivity contribution in [1.29, 1.82) is 0 Å². The van der Waals surface area contributed by atoms with Gasteiger partial charge in [-0.25, -0.2) is 4.98 Å². The maximum atomic E-state index is 12.9. The third-order valence-electron chi connectivity index (χ3n) is 2.10. The maximum Gasteiger partial charge on any atom is 0.306 e. The predicted molar refractivity (Wildman–Crippen MR) is 52.8 cm³/mol. The summed E-state index contributed by atoms with van der Waals surface area (Å²) in [5.41, 5.74) is -0.397. The van der Waals surface area contributed by atoms with Gasteiger partial charge in [0.2, 0.25) is 5.95 Å². The smallest absolute Gasteiger partial charge is 0.306 e. The van der Waals surface area contributed by atoms with Crippen LogP contribution in [0.1, 0.15) is 28.4 Å². The number of aliphatic carboxylic acids is 1. The third-order valence-corrected chi connectivity index (χ3v) is 2.10. The fourth-order valence-corrected chi connectivity index (χ4v) is 1.24. The van der Waals surface area contributed by atoms with Gasteiger partial charge in [0.05, 0.1) is 18.1 Å². The molecule has 0 aromatic carbocycles. The molecule has 17 heavy (non-hydrogen) atoms. The highest BCUT2D eigenvalue weighted by atomic mass is 19.1. The highest BCUT2D eigenvalue weighted by Crippen LogP contribution is 2.19. The fourth-order valence-electron chi connectivity index (χ4n) is 1.24. The first-order valence-electron chi connectivity index (χ1n) is 4.64. The average Bonchev–Trinajstić information content (AvgIpc) is 2.27. The molecular weight excluding hydrogens is 233 g/mol. The van der Waals surface area contributed by atoms with Crippen LogP contribution in [0.2, 0.25) is 0 Å². The zero-order valence-corrected chi connectivity index (χ0v) is 8.58. The predicted octanol–water partition coefficient (Wildman–Crippen LogP) is -0.0978. The minimum atomic E-state index is -1.56. The number of aldehydes is 1. The third kappa shape index (κ3) is 3.30. The number of hydrogen-bond donors (Lipinski definition) is 3. The molecule has 1 heterocycles. The number of aliphatic hydroxyl groups excluding tert-OH is 2. The number of carbonyl (C=O) groups excluding carboxylic acids is 1. The highest BCUT2D eigenvalue weighted by Gasteiger charge is 2.22. The van der Waals surface area contributed by atoms with Crippen LogP contribution in [0.3, 0.4) is 0 Å². The van der Waals surface area contributed by atoms with E-state index in [0.717, 1.165) is 12.3 Å². The fraction of sp³-hybridized carbons (Fsp3) is 0.300. The molecule has 0 aliphatic rings. The van der Waals surface area contributed by atoms with Crippen molar-refractivity contribution in [2.75, 3.05) is 0 Å². The molecule has 0 amide bonds. The van der Waals surface area contributed by atoms with Gasteiger partial charge >= 0.3 is 5.97 Å². The number of carbonyl (C=O) groups is 2. The molecule has 2 unspecified atom stereocenters. The molecule has 0 spiro atoms. The largest absolute Gasteiger partial charge is 0.481 e. The molecule has 0 fully saturated rings. The van der Waals surface area contributed by atoms with Gasteiger partial charge in [-0.2, -0.15) is 4.39 Å². The summed E-state index contributed by atoms with van der Waals surface area (Å²) in [6.45, 7) is 0. The van der Waals surface area contributed by atoms with Gasteiger partial charge in [0.15, 0.2) is 6.29 Å². The molecule has 6 nitrogen and oxygen atoms in total. The number of nitrogens with zero attached hydrogens (tertiary/aromatic N) is 1. The van der Waals surface area contributed by atoms with E-state index >= 15 is 0 Å². The molecule has 2 atom stereocenters. The van der Waals surface area contributed by atoms with E-state index in [-0.39, 0.29) is 17.4 Å². The molecule has 1 aromatic rings. The van der Waals surface area contributed by atoms with Gasteiger partial charge in [-0.1, -0.05) is 0 Å². The van der Waals surface area contributed by atoms with E-state index in [1.54, 1.807) is 0 Å². The number of halogens is 1. The topological polar surface area (TPSA) is 108 Å². The minimum absolute atomic E-state index is 0.0257. The summed E-state index contributed by atoms with van der Waals surface area (Å²) in [4.78, 5) is 24.0. The molecule has 0 aliphatic carbocycles. The standard InChI is InChI=1S/C10H10FNO5/c11-10-6(4-13)1-5(3-12-10)9(17)7(14)2-8(15)16/h1,3-4,7,9,14,17H,2H2,(H,15,16). The summed E-state index contributed by atoms with van der Waals surface area (Å²) in [6, 6.07) is 1.01. The lowest BCUT2D eigenvalue weighted by Crippen LogP contribution is -2.22. The van der Waals surface area contributed by atoms with Crippen molar-refractivity contribution in [3.63, 3.8) is 0 Å². The lowest BCUT2D eigenvalue weighted by Gasteiger charge is -2.16. The molecule has 1 rings (SSSR count). The Hall–Kier alpha value is -1.86. The second kappa shape index (κ2) is 5.46. The average molecular weight is 243 g/mol. The van der Waals surface area contributed by atoms with E-state index in [4.69, 9.17) is 5.11 Å². The Labute approximate surface area is 95.3 Å². The van der Waals surface area contributed by atoms with Crippen molar-refractivity contribution in [1.82, 2.24) is 4.98 Å². The van der Waals surface area contributed by atoms with Crippen LogP contribution in [0.15, 0.2) is 12.3 Å². The van der Waals surface area contributed by atoms with Gasteiger partial charge in [-0.15, -0.1) is 0 Å². The number of carboxylic acids is 1. The second-order valence-corrected chi connectivity index (χ2v) is 3.38. The SMILES string of the molecule is O=Cc1cc(C(O)C(O)CC(=O)O)cnc1F. The van der Waals surface area contributed by atoms with E-state index in [0.29, 0.717) is 0 Å². The van der Waals surface area contributed by atoms with Crippen LogP contribution < -0.4 is 0 Å². The van der Waals surface area contributed by atoms with Crippen LogP contribution in [0.4, 0.5) is 4.39 Å². The normalized spacial score (nSPS) is 14.1. The zero-order valence-electron chi connectivity index (χ0n) is 8.58. The minimum Gasteiger partial charge on any atom is -0.481 e. The molecule has 7 heteroatoms. The maximum absolute atomic E-state index is 12.9. The number of carboxylic acid groups (broad SMARTS) is 1. The Bertz CT molecular complexity index is 437. The van der Waals surface area contributed by atoms with Crippen LogP contribution in [-0.2, 0) is 4.79 Å². The van der Waals surface area contributed by atoms with E-state index in [9.17, 15) is 24.2 Å². The number of aromatic nitrogens is 1. The Balaban J connectivity index is 2.92. The molecule has 0 saturated heterocycles. The van der Waals surface area contributed by atoms with Gasteiger partial charge in [0, 0.05) is 11.8 Å². The van der Waals surface area contributed by atoms with Crippen molar-refractivity contribution < 1.29 is 29.3 Å². The first-order valence-corrected chi connectivity index (χ1v) is 4.64. The van der Waals surface area contributed by atoms with E-state index in [1.807, 2.05) is 0 Å². The van der Waals surface area contributed by atoms with Crippen LogP contribution in [0.25, 0.3) is 0 Å². The molecule has 0 bridgehead atoms. The molecule has 92 valence electrons. The summed E-state index contributed by atoms with van der Waals surface area (Å²) in [7, 11) is 0. The van der Waals surface area contributed by atoms with Crippen LogP contribution in [-0.4, -0.2) is 38.7 Å². The van der Waals surface area contributed by atoms with E-state index < -0.39 is 30.5 Å². The second-order valence-electron chi connectivity index (χ2n) is 3.38. The van der Waals surface area contributed by atoms with Crippen molar-refractivity contribution in [2.24, 2.45) is 0 Å². The summed E-state index contributed by atoms with van der Waals surface area (Å²) in [5.74, 6) is -2.29. The number of pyridine rings is 1. The van der Waals surface area contributed by atoms with Crippen molar-refractivity contribution in [3.8, 4) is 0 Å². The summed E-state index contributed by atoms with van der Waals surface area (Å²) < 4.78 is 12.9. The first-order chi connectivity index (χ1) is 7.95. The number of hydrogen-bond acceptors (Lipinski definition) is 5. The highest BCUT2D eigenvalue weighted by molar-refractivity contribution is 5.74. The Morgan fingerprint density at radius 2 is 2.18 bits per heavy atom. The van der Waals surface area contributed by atoms with Gasteiger partial charge < -0.3 is 15.3 Å². The monoisotopic (exact) mass is 243 g/mol. The van der Waals surface area contributed by atoms with Gasteiger partial charge in [-0.05, 0) is 6.07 Å². The Morgan fingerprint density at radius 1 is 1.53 bits per heavy atom. The van der Waals surface area contributed by atoms with Crippen LogP contribution in [0.5, 0.6) is 0 Å². The van der Waals surface area contributed by atoms with E-state index in [2.05, 4.69) is 4.98 Å². The molecule has 0 aliphatic heterocycles. The Morgan fingerprint density at radius 3 is 2.71 bits per heavy atom. The first kappa shape index (κ1) is 13.2. The molecule has 0 saturated carbocycles. The molecule has 0 radical (unpaired) electrons. The molecular formula is C10H10FNO5. The Kier molecular flexibility index (Phi) is 4.24. The van der Waals surface area contributed by atoms with Crippen molar-refractivity contribution in [3.05, 3.63) is 29.3 Å². The van der Waals surface area contributed by atoms with Gasteiger partial charge in [-0.3, -0.25) is 9.59 Å². The summed E-state index contributed by atoms with van der Waals surface area (Å²) >= 11 is 0. The summed E-state index contributed by atoms with van der Waals surface area (Å²) in [6.07, 6.45) is -2.63. The lowest BCUT2D eigenvalue weighted by atomic mass is 10.0. The van der Waals surface area contributed by atoms with Crippen molar-refractivity contribution >= 4 is 12.3 Å². The van der Waals surface area contributed by atoms with Crippen LogP contribution in [0, 0.1) is 5.95 Å². The zero-order chi connectivity index (χ0) is 13.0. The summed E-state index contributed by atoms with van der Waals surface area (Å²) in [5, 5.41) is 27.3. The quantitative estimate of drug-likeness (QED) is 0.492. The van der Waals surface area contributed by atoms with Crippen LogP contribution >= 0.6 is 0 Å². The molecule has 3 N–H and O–H groups in total. The molecule has 1 aromatic heterocycles. The lowest BCUT2D eigenvalue weighted by molar-refractivity contribution is -0.141. The van der Waals surface area contributed by atoms with E-state index in [1.165, 1.54) is 0 Å².